The lowest BCUT2D eigenvalue weighted by Gasteiger charge is -2.28. The van der Waals surface area contributed by atoms with E-state index in [1.807, 2.05) is 23.1 Å². The van der Waals surface area contributed by atoms with Gasteiger partial charge < -0.3 is 24.0 Å². The first-order valence-electron chi connectivity index (χ1n) is 12.7. The summed E-state index contributed by atoms with van der Waals surface area (Å²) in [6.07, 6.45) is 4.77. The fourth-order valence-corrected chi connectivity index (χ4v) is 4.89. The van der Waals surface area contributed by atoms with E-state index >= 15 is 0 Å². The second-order valence-corrected chi connectivity index (χ2v) is 9.90. The van der Waals surface area contributed by atoms with Crippen LogP contribution < -0.4 is 9.47 Å². The smallest absolute Gasteiger partial charge is 0.242 e. The summed E-state index contributed by atoms with van der Waals surface area (Å²) < 4.78 is 16.0. The highest BCUT2D eigenvalue weighted by Crippen LogP contribution is 2.28. The minimum atomic E-state index is -0.0375. The van der Waals surface area contributed by atoms with E-state index in [2.05, 4.69) is 25.3 Å². The van der Waals surface area contributed by atoms with Crippen LogP contribution in [-0.4, -0.2) is 69.2 Å². The van der Waals surface area contributed by atoms with Crippen molar-refractivity contribution in [2.24, 2.45) is 0 Å². The maximum atomic E-state index is 13.6. The van der Waals surface area contributed by atoms with Crippen molar-refractivity contribution in [3.05, 3.63) is 45.6 Å². The first-order valence-corrected chi connectivity index (χ1v) is 13.6. The molecule has 0 aliphatic heterocycles. The molecule has 1 aromatic carbocycles. The molecule has 2 aromatic rings. The largest absolute Gasteiger partial charge is 0.493 e. The van der Waals surface area contributed by atoms with Crippen LogP contribution in [0.1, 0.15) is 55.0 Å². The highest BCUT2D eigenvalue weighted by atomic mass is 32.1. The third-order valence-electron chi connectivity index (χ3n) is 6.22. The third kappa shape index (κ3) is 9.47. The van der Waals surface area contributed by atoms with Crippen molar-refractivity contribution in [3.63, 3.8) is 0 Å². The number of ether oxygens (including phenoxy) is 3. The number of hydrogen-bond acceptors (Lipinski definition) is 6. The summed E-state index contributed by atoms with van der Waals surface area (Å²) in [5.41, 5.74) is 2.23. The number of nitrogens with zero attached hydrogens (tertiary/aromatic N) is 2. The summed E-state index contributed by atoms with van der Waals surface area (Å²) in [5.74, 6) is 1.35. The van der Waals surface area contributed by atoms with E-state index in [1.165, 1.54) is 5.56 Å². The van der Waals surface area contributed by atoms with Crippen LogP contribution in [0.15, 0.2) is 29.6 Å². The van der Waals surface area contributed by atoms with Crippen LogP contribution in [-0.2, 0) is 27.3 Å². The van der Waals surface area contributed by atoms with Gasteiger partial charge in [0.15, 0.2) is 11.5 Å². The third-order valence-corrected chi connectivity index (χ3v) is 7.23. The number of hydrogen-bond donors (Lipinski definition) is 0. The Balaban J connectivity index is 2.16. The fraction of sp³-hybridized carbons (Fsp3) is 0.571. The molecule has 0 unspecified atom stereocenters. The number of thiophene rings is 1. The van der Waals surface area contributed by atoms with Crippen molar-refractivity contribution in [1.29, 1.82) is 0 Å². The lowest BCUT2D eigenvalue weighted by Crippen LogP contribution is -2.43. The predicted molar refractivity (Wildman–Crippen MR) is 145 cm³/mol. The van der Waals surface area contributed by atoms with Crippen molar-refractivity contribution in [2.75, 3.05) is 47.6 Å². The number of unbranched alkanes of at least 4 members (excludes halogenated alkanes) is 2. The minimum absolute atomic E-state index is 0.0375. The monoisotopic (exact) mass is 518 g/mol. The number of amides is 2. The van der Waals surface area contributed by atoms with Gasteiger partial charge in [-0.3, -0.25) is 9.59 Å². The molecule has 0 saturated carbocycles. The van der Waals surface area contributed by atoms with Gasteiger partial charge in [0.05, 0.1) is 27.3 Å². The van der Waals surface area contributed by atoms with Crippen molar-refractivity contribution in [2.45, 2.75) is 58.9 Å². The lowest BCUT2D eigenvalue weighted by atomic mass is 10.1. The number of rotatable bonds is 17. The second-order valence-electron chi connectivity index (χ2n) is 8.90. The molecule has 7 nitrogen and oxygen atoms in total. The Kier molecular flexibility index (Phi) is 13.4. The zero-order valence-electron chi connectivity index (χ0n) is 22.5. The summed E-state index contributed by atoms with van der Waals surface area (Å²) in [6, 6.07) is 7.91. The van der Waals surface area contributed by atoms with Crippen LogP contribution in [0.3, 0.4) is 0 Å². The molecule has 0 bridgehead atoms. The summed E-state index contributed by atoms with van der Waals surface area (Å²) in [4.78, 5) is 31.3. The molecule has 0 fully saturated rings. The summed E-state index contributed by atoms with van der Waals surface area (Å²) in [7, 11) is 4.88. The zero-order valence-corrected chi connectivity index (χ0v) is 23.3. The van der Waals surface area contributed by atoms with Gasteiger partial charge in [0, 0.05) is 38.1 Å². The Bertz CT molecular complexity index is 946. The van der Waals surface area contributed by atoms with E-state index in [0.29, 0.717) is 57.0 Å². The summed E-state index contributed by atoms with van der Waals surface area (Å²) in [5, 5.41) is 2.05. The van der Waals surface area contributed by atoms with Crippen LogP contribution in [0.2, 0.25) is 0 Å². The molecule has 2 rings (SSSR count). The number of carbonyl (C=O) groups is 2. The number of carbonyl (C=O) groups excluding carboxylic acids is 2. The van der Waals surface area contributed by atoms with Crippen LogP contribution >= 0.6 is 11.3 Å². The maximum absolute atomic E-state index is 13.6. The highest BCUT2D eigenvalue weighted by Gasteiger charge is 2.22. The van der Waals surface area contributed by atoms with E-state index in [4.69, 9.17) is 14.2 Å². The second kappa shape index (κ2) is 16.2. The minimum Gasteiger partial charge on any atom is -0.493 e. The normalized spacial score (nSPS) is 10.8. The van der Waals surface area contributed by atoms with E-state index in [9.17, 15) is 9.59 Å². The quantitative estimate of drug-likeness (QED) is 0.273. The first-order chi connectivity index (χ1) is 17.4. The molecule has 0 atom stereocenters. The van der Waals surface area contributed by atoms with Crippen LogP contribution in [0, 0.1) is 6.92 Å². The molecule has 0 spiro atoms. The Morgan fingerprint density at radius 1 is 0.917 bits per heavy atom. The van der Waals surface area contributed by atoms with E-state index in [0.717, 1.165) is 29.7 Å². The van der Waals surface area contributed by atoms with Gasteiger partial charge in [-0.1, -0.05) is 25.8 Å². The molecule has 1 heterocycles. The Hall–Kier alpha value is -2.58. The maximum Gasteiger partial charge on any atom is 0.242 e. The molecule has 0 N–H and O–H groups in total. The Morgan fingerprint density at radius 2 is 1.69 bits per heavy atom. The van der Waals surface area contributed by atoms with Gasteiger partial charge in [0.2, 0.25) is 11.8 Å². The van der Waals surface area contributed by atoms with Gasteiger partial charge in [0.25, 0.3) is 0 Å². The molecule has 0 radical (unpaired) electrons. The molecule has 0 aliphatic rings. The highest BCUT2D eigenvalue weighted by molar-refractivity contribution is 7.10. The van der Waals surface area contributed by atoms with Crippen LogP contribution in [0.4, 0.5) is 0 Å². The van der Waals surface area contributed by atoms with Gasteiger partial charge in [-0.15, -0.1) is 11.3 Å². The number of aryl methyl sites for hydroxylation is 1. The van der Waals surface area contributed by atoms with Crippen LogP contribution in [0.25, 0.3) is 0 Å². The molecule has 8 heteroatoms. The van der Waals surface area contributed by atoms with Crippen molar-refractivity contribution in [1.82, 2.24) is 9.80 Å². The van der Waals surface area contributed by atoms with Gasteiger partial charge in [-0.05, 0) is 60.9 Å². The lowest BCUT2D eigenvalue weighted by molar-refractivity contribution is -0.141. The van der Waals surface area contributed by atoms with Crippen molar-refractivity contribution in [3.8, 4) is 11.5 Å². The van der Waals surface area contributed by atoms with E-state index in [1.54, 1.807) is 37.6 Å². The van der Waals surface area contributed by atoms with Crippen molar-refractivity contribution >= 4 is 23.2 Å². The average Bonchev–Trinajstić information content (AvgIpc) is 3.29. The SMILES string of the molecule is CCCCCC(=O)N(CCCOC)CC(=O)N(CCc1ccc(OC)c(OC)c1)Cc1sccc1C. The molecule has 36 heavy (non-hydrogen) atoms. The zero-order chi connectivity index (χ0) is 26.3. The molecule has 200 valence electrons. The molecule has 1 aromatic heterocycles. The first kappa shape index (κ1) is 29.6. The average molecular weight is 519 g/mol. The molecular formula is C28H42N2O5S. The van der Waals surface area contributed by atoms with Crippen molar-refractivity contribution < 1.29 is 23.8 Å². The molecular weight excluding hydrogens is 476 g/mol. The van der Waals surface area contributed by atoms with E-state index in [-0.39, 0.29) is 18.4 Å². The van der Waals surface area contributed by atoms with E-state index < -0.39 is 0 Å². The summed E-state index contributed by atoms with van der Waals surface area (Å²) >= 11 is 1.66. The molecule has 2 amide bonds. The molecule has 0 aliphatic carbocycles. The van der Waals surface area contributed by atoms with Gasteiger partial charge in [-0.25, -0.2) is 0 Å². The van der Waals surface area contributed by atoms with Gasteiger partial charge >= 0.3 is 0 Å². The Labute approximate surface area is 220 Å². The predicted octanol–water partition coefficient (Wildman–Crippen LogP) is 5.09. The van der Waals surface area contributed by atoms with Crippen LogP contribution in [0.5, 0.6) is 11.5 Å². The Morgan fingerprint density at radius 3 is 2.33 bits per heavy atom. The van der Waals surface area contributed by atoms with Gasteiger partial charge in [-0.2, -0.15) is 0 Å². The standard InChI is InChI=1S/C28H42N2O5S/c1-6-7-8-10-27(31)29(15-9-17-33-3)21-28(32)30(20-26-22(2)14-18-36-26)16-13-23-11-12-24(34-4)25(19-23)35-5/h11-12,14,18-19H,6-10,13,15-17,20-21H2,1-5H3. The number of methoxy groups -OCH3 is 3. The van der Waals surface area contributed by atoms with Gasteiger partial charge in [0.1, 0.15) is 0 Å². The topological polar surface area (TPSA) is 68.3 Å². The molecule has 0 saturated heterocycles. The number of benzene rings is 1. The fourth-order valence-electron chi connectivity index (χ4n) is 3.97. The summed E-state index contributed by atoms with van der Waals surface area (Å²) in [6.45, 7) is 6.43.